The molecule has 7 heteroatoms. The van der Waals surface area contributed by atoms with E-state index in [0.717, 1.165) is 12.0 Å². The highest BCUT2D eigenvalue weighted by Gasteiger charge is 2.44. The molecule has 0 bridgehead atoms. The number of hydrazone groups is 1. The zero-order chi connectivity index (χ0) is 24.5. The Morgan fingerprint density at radius 3 is 2.26 bits per heavy atom. The maximum atomic E-state index is 12.6. The van der Waals surface area contributed by atoms with Crippen LogP contribution in [0.1, 0.15) is 67.3 Å². The van der Waals surface area contributed by atoms with E-state index in [9.17, 15) is 9.59 Å². The van der Waals surface area contributed by atoms with Crippen molar-refractivity contribution in [2.75, 3.05) is 5.32 Å². The number of benzene rings is 2. The maximum absolute atomic E-state index is 12.6. The standard InChI is InChI=1S/C27H28BrN3O3/c1-16(17-7-11-20(12-8-17)29-26(33)23-13-14-24(28)34-23)30-31-25(32)22-15-21(22)18-5-9-19(10-6-18)27(2,3)4/h5-14,21-22H,15H2,1-4H3,(H,29,33)(H,31,32)/b30-16+/t21-,22-/m1/s1. The van der Waals surface area contributed by atoms with Gasteiger partial charge in [0.1, 0.15) is 0 Å². The summed E-state index contributed by atoms with van der Waals surface area (Å²) >= 11 is 3.18. The van der Waals surface area contributed by atoms with E-state index in [1.807, 2.05) is 19.1 Å². The first-order valence-corrected chi connectivity index (χ1v) is 12.0. The Labute approximate surface area is 208 Å². The fourth-order valence-electron chi connectivity index (χ4n) is 3.79. The highest BCUT2D eigenvalue weighted by molar-refractivity contribution is 9.10. The molecule has 1 aromatic heterocycles. The Hall–Kier alpha value is -3.19. The van der Waals surface area contributed by atoms with Gasteiger partial charge in [0.2, 0.25) is 5.91 Å². The van der Waals surface area contributed by atoms with Gasteiger partial charge in [-0.2, -0.15) is 5.10 Å². The summed E-state index contributed by atoms with van der Waals surface area (Å²) in [6.07, 6.45) is 0.843. The summed E-state index contributed by atoms with van der Waals surface area (Å²) < 4.78 is 5.76. The van der Waals surface area contributed by atoms with Crippen molar-refractivity contribution < 1.29 is 14.0 Å². The van der Waals surface area contributed by atoms with Gasteiger partial charge in [0.05, 0.1) is 5.71 Å². The van der Waals surface area contributed by atoms with Gasteiger partial charge in [-0.15, -0.1) is 0 Å². The number of anilines is 1. The van der Waals surface area contributed by atoms with Crippen molar-refractivity contribution in [1.82, 2.24) is 5.43 Å². The molecule has 0 saturated heterocycles. The molecule has 2 amide bonds. The molecule has 1 heterocycles. The first-order valence-electron chi connectivity index (χ1n) is 11.2. The second-order valence-corrected chi connectivity index (χ2v) is 10.4. The third kappa shape index (κ3) is 5.65. The smallest absolute Gasteiger partial charge is 0.291 e. The third-order valence-electron chi connectivity index (χ3n) is 6.02. The van der Waals surface area contributed by atoms with E-state index in [2.05, 4.69) is 76.8 Å². The minimum absolute atomic E-state index is 0.0451. The van der Waals surface area contributed by atoms with E-state index >= 15 is 0 Å². The minimum Gasteiger partial charge on any atom is -0.444 e. The Morgan fingerprint density at radius 1 is 1.00 bits per heavy atom. The topological polar surface area (TPSA) is 83.7 Å². The van der Waals surface area contributed by atoms with Crippen molar-refractivity contribution in [1.29, 1.82) is 0 Å². The molecule has 176 valence electrons. The van der Waals surface area contributed by atoms with Gasteiger partial charge in [0.15, 0.2) is 10.4 Å². The van der Waals surface area contributed by atoms with Gasteiger partial charge >= 0.3 is 0 Å². The van der Waals surface area contributed by atoms with Crippen LogP contribution in [0.5, 0.6) is 0 Å². The summed E-state index contributed by atoms with van der Waals surface area (Å²) in [7, 11) is 0. The van der Waals surface area contributed by atoms with E-state index in [-0.39, 0.29) is 34.8 Å². The second kappa shape index (κ2) is 9.58. The van der Waals surface area contributed by atoms with Crippen LogP contribution in [0.3, 0.4) is 0 Å². The first kappa shape index (κ1) is 24.0. The molecule has 0 radical (unpaired) electrons. The van der Waals surface area contributed by atoms with E-state index in [1.54, 1.807) is 24.3 Å². The molecule has 1 saturated carbocycles. The van der Waals surface area contributed by atoms with Crippen molar-refractivity contribution in [3.63, 3.8) is 0 Å². The molecule has 1 aliphatic carbocycles. The number of nitrogens with one attached hydrogen (secondary N) is 2. The van der Waals surface area contributed by atoms with Gasteiger partial charge in [-0.05, 0) is 81.6 Å². The molecule has 2 aromatic carbocycles. The molecular weight excluding hydrogens is 494 g/mol. The van der Waals surface area contributed by atoms with Crippen LogP contribution in [0.15, 0.2) is 74.9 Å². The zero-order valence-electron chi connectivity index (χ0n) is 19.7. The quantitative estimate of drug-likeness (QED) is 0.297. The summed E-state index contributed by atoms with van der Waals surface area (Å²) in [5.74, 6) is 0.0410. The molecule has 6 nitrogen and oxygen atoms in total. The molecular formula is C27H28BrN3O3. The SMILES string of the molecule is C/C(=N\NC(=O)[C@@H]1C[C@@H]1c1ccc(C(C)(C)C)cc1)c1ccc(NC(=O)c2ccc(Br)o2)cc1. The van der Waals surface area contributed by atoms with Gasteiger partial charge < -0.3 is 9.73 Å². The summed E-state index contributed by atoms with van der Waals surface area (Å²) in [6, 6.07) is 19.1. The molecule has 1 fully saturated rings. The third-order valence-corrected chi connectivity index (χ3v) is 6.45. The second-order valence-electron chi connectivity index (χ2n) is 9.63. The average molecular weight is 522 g/mol. The van der Waals surface area contributed by atoms with E-state index in [4.69, 9.17) is 4.42 Å². The molecule has 0 aliphatic heterocycles. The van der Waals surface area contributed by atoms with Crippen molar-refractivity contribution in [2.45, 2.75) is 45.4 Å². The number of nitrogens with zero attached hydrogens (tertiary/aromatic N) is 1. The average Bonchev–Trinajstić information content (AvgIpc) is 3.50. The summed E-state index contributed by atoms with van der Waals surface area (Å²) in [6.45, 7) is 8.42. The molecule has 0 spiro atoms. The Kier molecular flexibility index (Phi) is 6.75. The minimum atomic E-state index is -0.330. The van der Waals surface area contributed by atoms with Crippen LogP contribution in [0.4, 0.5) is 5.69 Å². The van der Waals surface area contributed by atoms with E-state index < -0.39 is 0 Å². The van der Waals surface area contributed by atoms with Gasteiger partial charge in [-0.25, -0.2) is 5.43 Å². The monoisotopic (exact) mass is 521 g/mol. The van der Waals surface area contributed by atoms with Crippen LogP contribution < -0.4 is 10.7 Å². The predicted octanol–water partition coefficient (Wildman–Crippen LogP) is 6.24. The lowest BCUT2D eigenvalue weighted by Crippen LogP contribution is -2.21. The molecule has 2 atom stereocenters. The number of hydrogen-bond acceptors (Lipinski definition) is 4. The van der Waals surface area contributed by atoms with Crippen molar-refractivity contribution in [3.05, 3.63) is 87.8 Å². The summed E-state index contributed by atoms with van der Waals surface area (Å²) in [4.78, 5) is 24.8. The number of carbonyl (C=O) groups excluding carboxylic acids is 2. The fraction of sp³-hybridized carbons (Fsp3) is 0.296. The number of furan rings is 1. The normalized spacial score (nSPS) is 17.9. The van der Waals surface area contributed by atoms with Gasteiger partial charge in [-0.1, -0.05) is 57.2 Å². The van der Waals surface area contributed by atoms with Crippen LogP contribution in [-0.4, -0.2) is 17.5 Å². The van der Waals surface area contributed by atoms with Crippen LogP contribution in [0, 0.1) is 5.92 Å². The van der Waals surface area contributed by atoms with Gasteiger partial charge in [0.25, 0.3) is 5.91 Å². The fourth-order valence-corrected chi connectivity index (χ4v) is 4.10. The van der Waals surface area contributed by atoms with Crippen molar-refractivity contribution in [2.24, 2.45) is 11.0 Å². The van der Waals surface area contributed by atoms with Crippen molar-refractivity contribution >= 4 is 39.1 Å². The molecule has 4 rings (SSSR count). The summed E-state index contributed by atoms with van der Waals surface area (Å²) in [5, 5.41) is 7.06. The number of hydrogen-bond donors (Lipinski definition) is 2. The molecule has 3 aromatic rings. The lowest BCUT2D eigenvalue weighted by atomic mass is 9.86. The lowest BCUT2D eigenvalue weighted by molar-refractivity contribution is -0.122. The highest BCUT2D eigenvalue weighted by atomic mass is 79.9. The van der Waals surface area contributed by atoms with Gasteiger partial charge in [-0.3, -0.25) is 9.59 Å². The lowest BCUT2D eigenvalue weighted by Gasteiger charge is -2.19. The number of amides is 2. The highest BCUT2D eigenvalue weighted by Crippen LogP contribution is 2.47. The maximum Gasteiger partial charge on any atom is 0.291 e. The molecule has 2 N–H and O–H groups in total. The molecule has 34 heavy (non-hydrogen) atoms. The largest absolute Gasteiger partial charge is 0.444 e. The van der Waals surface area contributed by atoms with Crippen LogP contribution in [-0.2, 0) is 10.2 Å². The Balaban J connectivity index is 1.31. The van der Waals surface area contributed by atoms with Crippen LogP contribution in [0.2, 0.25) is 0 Å². The molecule has 1 aliphatic rings. The van der Waals surface area contributed by atoms with E-state index in [0.29, 0.717) is 16.1 Å². The molecule has 0 unspecified atom stereocenters. The number of halogens is 1. The number of carbonyl (C=O) groups is 2. The van der Waals surface area contributed by atoms with Crippen molar-refractivity contribution in [3.8, 4) is 0 Å². The first-order chi connectivity index (χ1) is 16.1. The Bertz CT molecular complexity index is 1220. The van der Waals surface area contributed by atoms with Gasteiger partial charge in [0, 0.05) is 11.6 Å². The zero-order valence-corrected chi connectivity index (χ0v) is 21.3. The van der Waals surface area contributed by atoms with Crippen LogP contribution >= 0.6 is 15.9 Å². The summed E-state index contributed by atoms with van der Waals surface area (Å²) in [5.41, 5.74) is 7.49. The Morgan fingerprint density at radius 2 is 1.68 bits per heavy atom. The van der Waals surface area contributed by atoms with Crippen LogP contribution in [0.25, 0.3) is 0 Å². The number of rotatable bonds is 6. The van der Waals surface area contributed by atoms with E-state index in [1.165, 1.54) is 11.1 Å². The predicted molar refractivity (Wildman–Crippen MR) is 137 cm³/mol.